The highest BCUT2D eigenvalue weighted by Gasteiger charge is 2.30. The van der Waals surface area contributed by atoms with Gasteiger partial charge in [-0.1, -0.05) is 0 Å². The van der Waals surface area contributed by atoms with Crippen molar-refractivity contribution in [2.45, 2.75) is 39.8 Å². The van der Waals surface area contributed by atoms with E-state index in [4.69, 9.17) is 0 Å². The number of rotatable bonds is 3. The lowest BCUT2D eigenvalue weighted by molar-refractivity contribution is 0.466. The van der Waals surface area contributed by atoms with Crippen LogP contribution in [-0.2, 0) is 6.54 Å². The van der Waals surface area contributed by atoms with E-state index >= 15 is 0 Å². The van der Waals surface area contributed by atoms with E-state index in [0.29, 0.717) is 12.1 Å². The molecule has 0 amide bonds. The summed E-state index contributed by atoms with van der Waals surface area (Å²) >= 11 is 0. The third-order valence-electron chi connectivity index (χ3n) is 5.06. The molecule has 7 heteroatoms. The number of fused-ring (bicyclic) bond motifs is 1. The van der Waals surface area contributed by atoms with Crippen LogP contribution in [0.25, 0.3) is 11.3 Å². The molecule has 1 aliphatic rings. The van der Waals surface area contributed by atoms with Crippen LogP contribution >= 0.6 is 0 Å². The second-order valence-electron chi connectivity index (χ2n) is 6.90. The maximum atomic E-state index is 14.6. The molecule has 0 spiro atoms. The van der Waals surface area contributed by atoms with Crippen LogP contribution in [0.5, 0.6) is 0 Å². The summed E-state index contributed by atoms with van der Waals surface area (Å²) in [6, 6.07) is 2.32. The van der Waals surface area contributed by atoms with Gasteiger partial charge >= 0.3 is 0 Å². The SMILES string of the molecule is Cc1cc(F)c(C(C)N2CCCn3ncc(-c4[nH]ncc4C)c32)c(F)c1. The number of halogens is 2. The Morgan fingerprint density at radius 2 is 1.85 bits per heavy atom. The second kappa shape index (κ2) is 6.23. The number of nitrogens with zero attached hydrogens (tertiary/aromatic N) is 4. The van der Waals surface area contributed by atoms with Crippen LogP contribution in [0, 0.1) is 25.5 Å². The Hall–Kier alpha value is -2.70. The van der Waals surface area contributed by atoms with Crippen molar-refractivity contribution >= 4 is 5.82 Å². The summed E-state index contributed by atoms with van der Waals surface area (Å²) in [6.45, 7) is 6.99. The molecular weight excluding hydrogens is 336 g/mol. The van der Waals surface area contributed by atoms with E-state index in [1.54, 1.807) is 19.3 Å². The van der Waals surface area contributed by atoms with Gasteiger partial charge in [-0.2, -0.15) is 10.2 Å². The molecule has 0 fully saturated rings. The van der Waals surface area contributed by atoms with Gasteiger partial charge in [0.1, 0.15) is 17.5 Å². The first-order valence-corrected chi connectivity index (χ1v) is 8.75. The van der Waals surface area contributed by atoms with Gasteiger partial charge in [0.2, 0.25) is 0 Å². The van der Waals surface area contributed by atoms with Gasteiger partial charge in [0.25, 0.3) is 0 Å². The molecule has 0 aliphatic carbocycles. The molecule has 4 rings (SSSR count). The van der Waals surface area contributed by atoms with Crippen LogP contribution in [0.1, 0.15) is 36.1 Å². The number of hydrogen-bond acceptors (Lipinski definition) is 3. The zero-order chi connectivity index (χ0) is 18.4. The molecule has 0 radical (unpaired) electrons. The Morgan fingerprint density at radius 1 is 1.12 bits per heavy atom. The number of aromatic amines is 1. The van der Waals surface area contributed by atoms with Gasteiger partial charge in [-0.25, -0.2) is 13.5 Å². The lowest BCUT2D eigenvalue weighted by Gasteiger charge is -2.36. The van der Waals surface area contributed by atoms with Crippen molar-refractivity contribution in [1.82, 2.24) is 20.0 Å². The number of anilines is 1. The summed E-state index contributed by atoms with van der Waals surface area (Å²) in [5.74, 6) is -0.146. The Labute approximate surface area is 150 Å². The highest BCUT2D eigenvalue weighted by molar-refractivity contribution is 5.76. The van der Waals surface area contributed by atoms with E-state index in [2.05, 4.69) is 15.3 Å². The third-order valence-corrected chi connectivity index (χ3v) is 5.06. The first-order chi connectivity index (χ1) is 12.5. The molecule has 1 N–H and O–H groups in total. The summed E-state index contributed by atoms with van der Waals surface area (Å²) in [6.07, 6.45) is 4.42. The van der Waals surface area contributed by atoms with Crippen molar-refractivity contribution in [3.05, 3.63) is 52.9 Å². The van der Waals surface area contributed by atoms with Crippen LogP contribution in [-0.4, -0.2) is 26.5 Å². The number of nitrogens with one attached hydrogen (secondary N) is 1. The first-order valence-electron chi connectivity index (χ1n) is 8.75. The summed E-state index contributed by atoms with van der Waals surface area (Å²) in [5.41, 5.74) is 3.47. The minimum Gasteiger partial charge on any atom is -0.349 e. The van der Waals surface area contributed by atoms with Gasteiger partial charge in [0.05, 0.1) is 29.7 Å². The monoisotopic (exact) mass is 357 g/mol. The van der Waals surface area contributed by atoms with Crippen LogP contribution in [0.15, 0.2) is 24.5 Å². The Kier molecular flexibility index (Phi) is 4.01. The largest absolute Gasteiger partial charge is 0.349 e. The lowest BCUT2D eigenvalue weighted by atomic mass is 10.0. The van der Waals surface area contributed by atoms with E-state index in [9.17, 15) is 8.78 Å². The molecule has 0 saturated carbocycles. The molecule has 1 atom stereocenters. The minimum atomic E-state index is -0.508. The van der Waals surface area contributed by atoms with Crippen molar-refractivity contribution in [2.24, 2.45) is 0 Å². The van der Waals surface area contributed by atoms with Gasteiger partial charge in [0.15, 0.2) is 0 Å². The zero-order valence-corrected chi connectivity index (χ0v) is 15.1. The Balaban J connectivity index is 1.82. The molecule has 3 heterocycles. The first kappa shape index (κ1) is 16.8. The highest BCUT2D eigenvalue weighted by Crippen LogP contribution is 2.39. The maximum Gasteiger partial charge on any atom is 0.136 e. The molecule has 2 aromatic heterocycles. The second-order valence-corrected chi connectivity index (χ2v) is 6.90. The minimum absolute atomic E-state index is 0.0949. The van der Waals surface area contributed by atoms with Gasteiger partial charge in [0, 0.05) is 18.7 Å². The average Bonchev–Trinajstić information content (AvgIpc) is 3.19. The molecule has 1 unspecified atom stereocenters. The smallest absolute Gasteiger partial charge is 0.136 e. The molecule has 1 aromatic carbocycles. The maximum absolute atomic E-state index is 14.6. The van der Waals surface area contributed by atoms with Crippen molar-refractivity contribution in [2.75, 3.05) is 11.4 Å². The van der Waals surface area contributed by atoms with Crippen LogP contribution in [0.2, 0.25) is 0 Å². The molecule has 0 bridgehead atoms. The molecule has 5 nitrogen and oxygen atoms in total. The van der Waals surface area contributed by atoms with Crippen molar-refractivity contribution in [3.63, 3.8) is 0 Å². The van der Waals surface area contributed by atoms with Gasteiger partial charge < -0.3 is 4.90 Å². The predicted octanol–water partition coefficient (Wildman–Crippen LogP) is 4.14. The Morgan fingerprint density at radius 3 is 2.50 bits per heavy atom. The lowest BCUT2D eigenvalue weighted by Crippen LogP contribution is -2.35. The number of H-pyrrole nitrogens is 1. The average molecular weight is 357 g/mol. The topological polar surface area (TPSA) is 49.7 Å². The number of aromatic nitrogens is 4. The summed E-state index contributed by atoms with van der Waals surface area (Å²) < 4.78 is 31.0. The van der Waals surface area contributed by atoms with Crippen LogP contribution in [0.3, 0.4) is 0 Å². The van der Waals surface area contributed by atoms with Crippen molar-refractivity contribution in [3.8, 4) is 11.3 Å². The number of hydrogen-bond donors (Lipinski definition) is 1. The van der Waals surface area contributed by atoms with Gasteiger partial charge in [-0.15, -0.1) is 0 Å². The zero-order valence-electron chi connectivity index (χ0n) is 15.1. The molecule has 0 saturated heterocycles. The van der Waals surface area contributed by atoms with E-state index < -0.39 is 17.7 Å². The molecule has 26 heavy (non-hydrogen) atoms. The summed E-state index contributed by atoms with van der Waals surface area (Å²) in [7, 11) is 0. The van der Waals surface area contributed by atoms with Crippen molar-refractivity contribution in [1.29, 1.82) is 0 Å². The molecule has 136 valence electrons. The fourth-order valence-corrected chi connectivity index (χ4v) is 3.78. The predicted molar refractivity (Wildman–Crippen MR) is 96.0 cm³/mol. The number of benzene rings is 1. The molecule has 1 aliphatic heterocycles. The number of aryl methyl sites for hydroxylation is 3. The van der Waals surface area contributed by atoms with Gasteiger partial charge in [-0.3, -0.25) is 5.10 Å². The van der Waals surface area contributed by atoms with Crippen molar-refractivity contribution < 1.29 is 8.78 Å². The molecular formula is C19H21F2N5. The third kappa shape index (κ3) is 2.58. The highest BCUT2D eigenvalue weighted by atomic mass is 19.1. The van der Waals surface area contributed by atoms with Gasteiger partial charge in [-0.05, 0) is 50.5 Å². The quantitative estimate of drug-likeness (QED) is 0.766. The normalized spacial score (nSPS) is 15.2. The van der Waals surface area contributed by atoms with E-state index in [0.717, 1.165) is 35.6 Å². The van der Waals surface area contributed by atoms with E-state index in [1.165, 1.54) is 12.1 Å². The summed E-state index contributed by atoms with van der Waals surface area (Å²) in [4.78, 5) is 2.03. The fourth-order valence-electron chi connectivity index (χ4n) is 3.78. The molecule has 3 aromatic rings. The van der Waals surface area contributed by atoms with E-state index in [-0.39, 0.29) is 5.56 Å². The summed E-state index contributed by atoms with van der Waals surface area (Å²) in [5, 5.41) is 11.6. The van der Waals surface area contributed by atoms with Crippen LogP contribution in [0.4, 0.5) is 14.6 Å². The van der Waals surface area contributed by atoms with Crippen LogP contribution < -0.4 is 4.90 Å². The fraction of sp³-hybridized carbons (Fsp3) is 0.368. The Bertz CT molecular complexity index is 936. The van der Waals surface area contributed by atoms with E-state index in [1.807, 2.05) is 23.4 Å². The standard InChI is InChI=1S/C19H21F2N5/c1-11-7-15(20)17(16(21)8-11)13(3)25-5-4-6-26-19(25)14(10-23-26)18-12(2)9-22-24-18/h7-10,13H,4-6H2,1-3H3,(H,22,24).